The highest BCUT2D eigenvalue weighted by Crippen LogP contribution is 2.26. The molecule has 0 spiro atoms. The van der Waals surface area contributed by atoms with Crippen LogP contribution in [0.15, 0.2) is 45.9 Å². The second kappa shape index (κ2) is 6.90. The lowest BCUT2D eigenvalue weighted by molar-refractivity contribution is 0.199. The normalized spacial score (nSPS) is 16.8. The maximum atomic E-state index is 12.9. The van der Waals surface area contributed by atoms with Crippen molar-refractivity contribution in [2.75, 3.05) is 11.9 Å². The Labute approximate surface area is 156 Å². The first-order valence-corrected chi connectivity index (χ1v) is 9.11. The number of hydrogen-bond donors (Lipinski definition) is 1. The number of rotatable bonds is 3. The van der Waals surface area contributed by atoms with Gasteiger partial charge in [0.25, 0.3) is 0 Å². The van der Waals surface area contributed by atoms with E-state index in [9.17, 15) is 9.59 Å². The Kier molecular flexibility index (Phi) is 4.43. The Morgan fingerprint density at radius 3 is 2.93 bits per heavy atom. The molecule has 1 unspecified atom stereocenters. The average Bonchev–Trinajstić information content (AvgIpc) is 3.28. The van der Waals surface area contributed by atoms with Crippen LogP contribution in [0.2, 0.25) is 0 Å². The number of benzene rings is 1. The van der Waals surface area contributed by atoms with Crippen molar-refractivity contribution in [3.8, 4) is 0 Å². The fourth-order valence-electron chi connectivity index (χ4n) is 3.71. The number of aromatic nitrogens is 2. The summed E-state index contributed by atoms with van der Waals surface area (Å²) >= 11 is 0. The van der Waals surface area contributed by atoms with Gasteiger partial charge in [0, 0.05) is 36.1 Å². The Morgan fingerprint density at radius 1 is 1.30 bits per heavy atom. The van der Waals surface area contributed by atoms with Crippen molar-refractivity contribution in [2.24, 2.45) is 0 Å². The molecule has 0 radical (unpaired) electrons. The number of likely N-dealkylation sites (tertiary alicyclic amines) is 1. The van der Waals surface area contributed by atoms with E-state index in [-0.39, 0.29) is 17.7 Å². The molecule has 27 heavy (non-hydrogen) atoms. The Balaban J connectivity index is 1.57. The second-order valence-corrected chi connectivity index (χ2v) is 7.06. The maximum Gasteiger partial charge on any atom is 0.336 e. The standard InChI is InChI=1S/C20H22N4O3/c1-13-10-19(25)27-18-9-14(2)17(11-16(13)18)22-20(26)24-8-3-5-15(24)12-23-7-4-6-21-23/h4,6-7,9-11,15H,3,5,8,12H2,1-2H3,(H,22,26). The number of carbonyl (C=O) groups is 1. The van der Waals surface area contributed by atoms with Crippen molar-refractivity contribution in [1.29, 1.82) is 0 Å². The Morgan fingerprint density at radius 2 is 2.15 bits per heavy atom. The SMILES string of the molecule is Cc1cc2oc(=O)cc(C)c2cc1NC(=O)N1CCCC1Cn1cccn1. The molecule has 0 bridgehead atoms. The molecule has 3 heterocycles. The molecule has 3 aromatic rings. The van der Waals surface area contributed by atoms with Crippen molar-refractivity contribution in [3.05, 3.63) is 58.2 Å². The summed E-state index contributed by atoms with van der Waals surface area (Å²) in [6.07, 6.45) is 5.62. The summed E-state index contributed by atoms with van der Waals surface area (Å²) in [5.41, 5.74) is 2.58. The van der Waals surface area contributed by atoms with Gasteiger partial charge in [-0.3, -0.25) is 4.68 Å². The molecule has 1 N–H and O–H groups in total. The number of nitrogens with zero attached hydrogens (tertiary/aromatic N) is 3. The van der Waals surface area contributed by atoms with Gasteiger partial charge in [0.15, 0.2) is 0 Å². The predicted molar refractivity (Wildman–Crippen MR) is 103 cm³/mol. The quantitative estimate of drug-likeness (QED) is 0.721. The third-order valence-corrected chi connectivity index (χ3v) is 5.13. The number of amides is 2. The topological polar surface area (TPSA) is 80.4 Å². The summed E-state index contributed by atoms with van der Waals surface area (Å²) in [7, 11) is 0. The molecule has 7 nitrogen and oxygen atoms in total. The van der Waals surface area contributed by atoms with Gasteiger partial charge in [0.1, 0.15) is 5.58 Å². The van der Waals surface area contributed by atoms with E-state index in [0.717, 1.165) is 41.6 Å². The molecular formula is C20H22N4O3. The zero-order valence-electron chi connectivity index (χ0n) is 15.4. The summed E-state index contributed by atoms with van der Waals surface area (Å²) < 4.78 is 7.13. The summed E-state index contributed by atoms with van der Waals surface area (Å²) in [5.74, 6) is 0. The van der Waals surface area contributed by atoms with Crippen molar-refractivity contribution in [2.45, 2.75) is 39.3 Å². The molecule has 0 aliphatic carbocycles. The predicted octanol–water partition coefficient (Wildman–Crippen LogP) is 3.30. The lowest BCUT2D eigenvalue weighted by Crippen LogP contribution is -2.41. The van der Waals surface area contributed by atoms with Gasteiger partial charge < -0.3 is 14.6 Å². The van der Waals surface area contributed by atoms with Crippen LogP contribution < -0.4 is 10.9 Å². The molecule has 1 fully saturated rings. The van der Waals surface area contributed by atoms with E-state index in [1.54, 1.807) is 12.3 Å². The van der Waals surface area contributed by atoms with E-state index in [0.29, 0.717) is 12.1 Å². The van der Waals surface area contributed by atoms with E-state index < -0.39 is 0 Å². The van der Waals surface area contributed by atoms with E-state index in [2.05, 4.69) is 10.4 Å². The number of urea groups is 1. The summed E-state index contributed by atoms with van der Waals surface area (Å²) in [6, 6.07) is 7.04. The van der Waals surface area contributed by atoms with E-state index in [1.807, 2.05) is 41.8 Å². The third kappa shape index (κ3) is 3.45. The number of carbonyl (C=O) groups excluding carboxylic acids is 1. The molecule has 1 atom stereocenters. The average molecular weight is 366 g/mol. The number of nitrogens with one attached hydrogen (secondary N) is 1. The molecule has 2 amide bonds. The van der Waals surface area contributed by atoms with Crippen LogP contribution in [0.25, 0.3) is 11.0 Å². The summed E-state index contributed by atoms with van der Waals surface area (Å²) in [4.78, 5) is 26.3. The van der Waals surface area contributed by atoms with Gasteiger partial charge in [0.05, 0.1) is 12.6 Å². The number of hydrogen-bond acceptors (Lipinski definition) is 4. The highest BCUT2D eigenvalue weighted by molar-refractivity contribution is 5.94. The van der Waals surface area contributed by atoms with Crippen LogP contribution in [0.1, 0.15) is 24.0 Å². The Bertz CT molecular complexity index is 1040. The van der Waals surface area contributed by atoms with Gasteiger partial charge in [-0.25, -0.2) is 9.59 Å². The molecule has 2 aromatic heterocycles. The first kappa shape index (κ1) is 17.3. The molecular weight excluding hydrogens is 344 g/mol. The van der Waals surface area contributed by atoms with Crippen molar-refractivity contribution >= 4 is 22.7 Å². The molecule has 1 saturated heterocycles. The van der Waals surface area contributed by atoms with Gasteiger partial charge in [0.2, 0.25) is 0 Å². The number of aryl methyl sites for hydroxylation is 2. The zero-order chi connectivity index (χ0) is 19.0. The van der Waals surface area contributed by atoms with Crippen molar-refractivity contribution in [1.82, 2.24) is 14.7 Å². The number of fused-ring (bicyclic) bond motifs is 1. The third-order valence-electron chi connectivity index (χ3n) is 5.13. The lowest BCUT2D eigenvalue weighted by Gasteiger charge is -2.25. The monoisotopic (exact) mass is 366 g/mol. The van der Waals surface area contributed by atoms with Crippen LogP contribution in [0.3, 0.4) is 0 Å². The van der Waals surface area contributed by atoms with E-state index in [4.69, 9.17) is 4.42 Å². The maximum absolute atomic E-state index is 12.9. The van der Waals surface area contributed by atoms with Crippen LogP contribution >= 0.6 is 0 Å². The van der Waals surface area contributed by atoms with Crippen LogP contribution in [0.4, 0.5) is 10.5 Å². The highest BCUT2D eigenvalue weighted by atomic mass is 16.4. The van der Waals surface area contributed by atoms with Crippen LogP contribution in [-0.4, -0.2) is 33.3 Å². The fraction of sp³-hybridized carbons (Fsp3) is 0.350. The van der Waals surface area contributed by atoms with E-state index in [1.165, 1.54) is 6.07 Å². The van der Waals surface area contributed by atoms with Crippen LogP contribution in [0, 0.1) is 13.8 Å². The van der Waals surface area contributed by atoms with Gasteiger partial charge in [-0.1, -0.05) is 0 Å². The second-order valence-electron chi connectivity index (χ2n) is 7.06. The molecule has 1 aliphatic rings. The largest absolute Gasteiger partial charge is 0.423 e. The highest BCUT2D eigenvalue weighted by Gasteiger charge is 2.29. The molecule has 4 rings (SSSR count). The van der Waals surface area contributed by atoms with Crippen molar-refractivity contribution < 1.29 is 9.21 Å². The van der Waals surface area contributed by atoms with Crippen LogP contribution in [-0.2, 0) is 6.54 Å². The minimum atomic E-state index is -0.366. The minimum Gasteiger partial charge on any atom is -0.423 e. The zero-order valence-corrected chi connectivity index (χ0v) is 15.4. The molecule has 7 heteroatoms. The summed E-state index contributed by atoms with van der Waals surface area (Å²) in [6.45, 7) is 5.18. The fourth-order valence-corrected chi connectivity index (χ4v) is 3.71. The molecule has 1 aliphatic heterocycles. The lowest BCUT2D eigenvalue weighted by atomic mass is 10.1. The van der Waals surface area contributed by atoms with Gasteiger partial charge in [-0.15, -0.1) is 0 Å². The van der Waals surface area contributed by atoms with Crippen molar-refractivity contribution in [3.63, 3.8) is 0 Å². The van der Waals surface area contributed by atoms with E-state index >= 15 is 0 Å². The molecule has 1 aromatic carbocycles. The first-order valence-electron chi connectivity index (χ1n) is 9.11. The first-order chi connectivity index (χ1) is 13.0. The van der Waals surface area contributed by atoms with Gasteiger partial charge in [-0.05, 0) is 56.0 Å². The molecule has 140 valence electrons. The smallest absolute Gasteiger partial charge is 0.336 e. The van der Waals surface area contributed by atoms with Gasteiger partial charge in [-0.2, -0.15) is 5.10 Å². The molecule has 0 saturated carbocycles. The summed E-state index contributed by atoms with van der Waals surface area (Å²) in [5, 5.41) is 8.10. The van der Waals surface area contributed by atoms with Crippen LogP contribution in [0.5, 0.6) is 0 Å². The minimum absolute atomic E-state index is 0.109. The van der Waals surface area contributed by atoms with Gasteiger partial charge >= 0.3 is 11.7 Å². The number of anilines is 1. The Hall–Kier alpha value is -3.09.